The zero-order valence-corrected chi connectivity index (χ0v) is 14.0. The molecule has 2 aromatic heterocycles. The van der Waals surface area contributed by atoms with Gasteiger partial charge < -0.3 is 5.32 Å². The zero-order chi connectivity index (χ0) is 16.6. The summed E-state index contributed by atoms with van der Waals surface area (Å²) in [6.07, 6.45) is 0.995. The average Bonchev–Trinajstić information content (AvgIpc) is 2.98. The number of anilines is 1. The summed E-state index contributed by atoms with van der Waals surface area (Å²) in [6.45, 7) is 3.94. The third kappa shape index (κ3) is 3.24. The maximum Gasteiger partial charge on any atom is 0.226 e. The maximum absolute atomic E-state index is 13.2. The molecule has 0 aliphatic rings. The van der Waals surface area contributed by atoms with Gasteiger partial charge in [-0.15, -0.1) is 0 Å². The second kappa shape index (κ2) is 6.08. The molecular weight excluding hydrogens is 315 g/mol. The number of aromatic nitrogens is 3. The number of thiazole rings is 1. The van der Waals surface area contributed by atoms with E-state index in [2.05, 4.69) is 15.4 Å². The molecule has 0 bridgehead atoms. The molecule has 3 aromatic rings. The largest absolute Gasteiger partial charge is 0.302 e. The van der Waals surface area contributed by atoms with Crippen molar-refractivity contribution >= 4 is 32.6 Å². The van der Waals surface area contributed by atoms with Crippen molar-refractivity contribution in [2.45, 2.75) is 26.7 Å². The third-order valence-electron chi connectivity index (χ3n) is 3.86. The molecular formula is C16H17FN4OS. The first-order valence-corrected chi connectivity index (χ1v) is 8.10. The lowest BCUT2D eigenvalue weighted by Gasteiger charge is -2.03. The molecule has 0 fully saturated rings. The minimum Gasteiger partial charge on any atom is -0.302 e. The van der Waals surface area contributed by atoms with Crippen LogP contribution in [0.2, 0.25) is 0 Å². The van der Waals surface area contributed by atoms with E-state index < -0.39 is 0 Å². The van der Waals surface area contributed by atoms with Crippen LogP contribution in [0.15, 0.2) is 18.2 Å². The number of hydrogen-bond acceptors (Lipinski definition) is 4. The predicted octanol–water partition coefficient (Wildman–Crippen LogP) is 3.36. The van der Waals surface area contributed by atoms with Crippen LogP contribution >= 0.6 is 11.3 Å². The van der Waals surface area contributed by atoms with Crippen LogP contribution < -0.4 is 5.32 Å². The van der Waals surface area contributed by atoms with Gasteiger partial charge in [-0.2, -0.15) is 5.10 Å². The lowest BCUT2D eigenvalue weighted by molar-refractivity contribution is -0.116. The SMILES string of the molecule is Cc1nn(C)c(C)c1CCC(=O)Nc1nc2ccc(F)cc2s1. The molecule has 2 heterocycles. The van der Waals surface area contributed by atoms with Crippen LogP contribution in [-0.4, -0.2) is 20.7 Å². The van der Waals surface area contributed by atoms with Gasteiger partial charge in [-0.25, -0.2) is 9.37 Å². The van der Waals surface area contributed by atoms with E-state index in [0.29, 0.717) is 23.5 Å². The van der Waals surface area contributed by atoms with Gasteiger partial charge in [0.1, 0.15) is 5.82 Å². The van der Waals surface area contributed by atoms with Gasteiger partial charge >= 0.3 is 0 Å². The molecule has 120 valence electrons. The van der Waals surface area contributed by atoms with Crippen LogP contribution in [0.25, 0.3) is 10.2 Å². The molecule has 0 saturated carbocycles. The number of nitrogens with one attached hydrogen (secondary N) is 1. The predicted molar refractivity (Wildman–Crippen MR) is 89.2 cm³/mol. The summed E-state index contributed by atoms with van der Waals surface area (Å²) < 4.78 is 15.7. The molecule has 3 rings (SSSR count). The van der Waals surface area contributed by atoms with Crippen LogP contribution in [-0.2, 0) is 18.3 Å². The summed E-state index contributed by atoms with van der Waals surface area (Å²) in [7, 11) is 1.89. The van der Waals surface area contributed by atoms with E-state index in [4.69, 9.17) is 0 Å². The van der Waals surface area contributed by atoms with E-state index in [1.807, 2.05) is 25.6 Å². The molecule has 0 unspecified atom stereocenters. The van der Waals surface area contributed by atoms with Gasteiger partial charge in [0.2, 0.25) is 5.91 Å². The normalized spacial score (nSPS) is 11.1. The summed E-state index contributed by atoms with van der Waals surface area (Å²) in [6, 6.07) is 4.39. The highest BCUT2D eigenvalue weighted by Crippen LogP contribution is 2.26. The molecule has 0 aliphatic carbocycles. The Balaban J connectivity index is 1.66. The molecule has 7 heteroatoms. The molecule has 5 nitrogen and oxygen atoms in total. The standard InChI is InChI=1S/C16H17FN4OS/c1-9-12(10(2)21(3)20-9)5-7-15(22)19-16-18-13-6-4-11(17)8-14(13)23-16/h4,6,8H,5,7H2,1-3H3,(H,18,19,22). The smallest absolute Gasteiger partial charge is 0.226 e. The lowest BCUT2D eigenvalue weighted by atomic mass is 10.1. The number of carbonyl (C=O) groups is 1. The van der Waals surface area contributed by atoms with Crippen molar-refractivity contribution in [1.29, 1.82) is 0 Å². The van der Waals surface area contributed by atoms with Gasteiger partial charge in [0, 0.05) is 19.2 Å². The van der Waals surface area contributed by atoms with Gasteiger partial charge in [-0.05, 0) is 44.0 Å². The Morgan fingerprint density at radius 1 is 1.39 bits per heavy atom. The van der Waals surface area contributed by atoms with E-state index in [1.165, 1.54) is 23.5 Å². The Morgan fingerprint density at radius 2 is 2.17 bits per heavy atom. The maximum atomic E-state index is 13.2. The zero-order valence-electron chi connectivity index (χ0n) is 13.2. The molecule has 0 spiro atoms. The van der Waals surface area contributed by atoms with Crippen molar-refractivity contribution < 1.29 is 9.18 Å². The highest BCUT2D eigenvalue weighted by Gasteiger charge is 2.13. The number of nitrogens with zero attached hydrogens (tertiary/aromatic N) is 3. The van der Waals surface area contributed by atoms with Crippen molar-refractivity contribution in [1.82, 2.24) is 14.8 Å². The van der Waals surface area contributed by atoms with E-state index in [-0.39, 0.29) is 11.7 Å². The van der Waals surface area contributed by atoms with Gasteiger partial charge in [-0.3, -0.25) is 9.48 Å². The third-order valence-corrected chi connectivity index (χ3v) is 4.79. The van der Waals surface area contributed by atoms with Crippen molar-refractivity contribution in [2.75, 3.05) is 5.32 Å². The lowest BCUT2D eigenvalue weighted by Crippen LogP contribution is -2.12. The highest BCUT2D eigenvalue weighted by molar-refractivity contribution is 7.22. The van der Waals surface area contributed by atoms with Gasteiger partial charge in [0.15, 0.2) is 5.13 Å². The first kappa shape index (κ1) is 15.6. The Hall–Kier alpha value is -2.28. The van der Waals surface area contributed by atoms with Crippen LogP contribution in [0.5, 0.6) is 0 Å². The summed E-state index contributed by atoms with van der Waals surface area (Å²) in [4.78, 5) is 16.4. The molecule has 1 N–H and O–H groups in total. The Morgan fingerprint density at radius 3 is 2.87 bits per heavy atom. The van der Waals surface area contributed by atoms with Crippen LogP contribution in [0, 0.1) is 19.7 Å². The molecule has 0 aliphatic heterocycles. The topological polar surface area (TPSA) is 59.8 Å². The number of halogens is 1. The fourth-order valence-electron chi connectivity index (χ4n) is 2.55. The Labute approximate surface area is 137 Å². The number of rotatable bonds is 4. The van der Waals surface area contributed by atoms with Gasteiger partial charge in [-0.1, -0.05) is 11.3 Å². The van der Waals surface area contributed by atoms with Crippen LogP contribution in [0.4, 0.5) is 9.52 Å². The van der Waals surface area contributed by atoms with Crippen LogP contribution in [0.3, 0.4) is 0 Å². The molecule has 0 atom stereocenters. The first-order valence-electron chi connectivity index (χ1n) is 7.29. The Bertz CT molecular complexity index is 884. The van der Waals surface area contributed by atoms with Gasteiger partial charge in [0.05, 0.1) is 15.9 Å². The van der Waals surface area contributed by atoms with Crippen LogP contribution in [0.1, 0.15) is 23.4 Å². The summed E-state index contributed by atoms with van der Waals surface area (Å²) >= 11 is 1.27. The van der Waals surface area contributed by atoms with E-state index in [0.717, 1.165) is 21.7 Å². The minimum atomic E-state index is -0.304. The minimum absolute atomic E-state index is 0.104. The first-order chi connectivity index (χ1) is 10.9. The number of hydrogen-bond donors (Lipinski definition) is 1. The summed E-state index contributed by atoms with van der Waals surface area (Å²) in [5.74, 6) is -0.409. The summed E-state index contributed by atoms with van der Waals surface area (Å²) in [5, 5.41) is 7.63. The average molecular weight is 332 g/mol. The summed E-state index contributed by atoms with van der Waals surface area (Å²) in [5.41, 5.74) is 3.82. The Kier molecular flexibility index (Phi) is 4.12. The van der Waals surface area contributed by atoms with Crippen molar-refractivity contribution in [2.24, 2.45) is 7.05 Å². The van der Waals surface area contributed by atoms with Crippen molar-refractivity contribution in [3.8, 4) is 0 Å². The monoisotopic (exact) mass is 332 g/mol. The number of benzene rings is 1. The van der Waals surface area contributed by atoms with E-state index in [9.17, 15) is 9.18 Å². The number of amides is 1. The second-order valence-electron chi connectivity index (χ2n) is 5.45. The number of aryl methyl sites for hydroxylation is 2. The van der Waals surface area contributed by atoms with Crippen molar-refractivity contribution in [3.05, 3.63) is 41.0 Å². The molecule has 23 heavy (non-hydrogen) atoms. The highest BCUT2D eigenvalue weighted by atomic mass is 32.1. The second-order valence-corrected chi connectivity index (χ2v) is 6.48. The van der Waals surface area contributed by atoms with Gasteiger partial charge in [0.25, 0.3) is 0 Å². The number of fused-ring (bicyclic) bond motifs is 1. The van der Waals surface area contributed by atoms with E-state index >= 15 is 0 Å². The molecule has 0 saturated heterocycles. The van der Waals surface area contributed by atoms with E-state index in [1.54, 1.807) is 6.07 Å². The molecule has 1 amide bonds. The number of carbonyl (C=O) groups excluding carboxylic acids is 1. The molecule has 1 aromatic carbocycles. The fraction of sp³-hybridized carbons (Fsp3) is 0.312. The molecule has 0 radical (unpaired) electrons. The quantitative estimate of drug-likeness (QED) is 0.797. The van der Waals surface area contributed by atoms with Crippen molar-refractivity contribution in [3.63, 3.8) is 0 Å². The fourth-order valence-corrected chi connectivity index (χ4v) is 3.46.